The molecule has 5 heteroatoms. The minimum absolute atomic E-state index is 0.188. The summed E-state index contributed by atoms with van der Waals surface area (Å²) in [6.45, 7) is 5.08. The lowest BCUT2D eigenvalue weighted by atomic mass is 10.1. The number of nitrogens with zero attached hydrogens (tertiary/aromatic N) is 4. The smallest absolute Gasteiger partial charge is 0.0950 e. The molecule has 0 fully saturated rings. The normalized spacial score (nSPS) is 12.9. The second kappa shape index (κ2) is 4.71. The molecule has 5 nitrogen and oxygen atoms in total. The van der Waals surface area contributed by atoms with Crippen molar-refractivity contribution < 1.29 is 0 Å². The fraction of sp³-hybridized carbons (Fsp3) is 0.500. The van der Waals surface area contributed by atoms with Crippen LogP contribution >= 0.6 is 0 Å². The van der Waals surface area contributed by atoms with Gasteiger partial charge in [-0.1, -0.05) is 6.92 Å². The van der Waals surface area contributed by atoms with Crippen molar-refractivity contribution in [3.63, 3.8) is 0 Å². The van der Waals surface area contributed by atoms with Crippen molar-refractivity contribution in [3.8, 4) is 0 Å². The molecule has 2 heterocycles. The third kappa shape index (κ3) is 2.24. The second-order valence-corrected chi connectivity index (χ2v) is 4.17. The van der Waals surface area contributed by atoms with Gasteiger partial charge in [-0.25, -0.2) is 4.98 Å². The molecule has 0 aliphatic heterocycles. The number of nitrogens with two attached hydrogens (primary N) is 1. The van der Waals surface area contributed by atoms with Crippen LogP contribution < -0.4 is 5.73 Å². The molecular weight excluding hydrogens is 214 g/mol. The van der Waals surface area contributed by atoms with Gasteiger partial charge in [-0.15, -0.1) is 0 Å². The molecule has 0 aliphatic rings. The zero-order chi connectivity index (χ0) is 12.4. The monoisotopic (exact) mass is 233 g/mol. The molecule has 1 unspecified atom stereocenters. The zero-order valence-corrected chi connectivity index (χ0v) is 10.6. The van der Waals surface area contributed by atoms with Crippen molar-refractivity contribution in [2.75, 3.05) is 0 Å². The van der Waals surface area contributed by atoms with Crippen molar-refractivity contribution in [2.45, 2.75) is 32.9 Å². The molecule has 0 amide bonds. The Labute approximate surface area is 101 Å². The van der Waals surface area contributed by atoms with E-state index in [1.54, 1.807) is 0 Å². The highest BCUT2D eigenvalue weighted by Crippen LogP contribution is 2.21. The van der Waals surface area contributed by atoms with E-state index in [-0.39, 0.29) is 6.04 Å². The van der Waals surface area contributed by atoms with Gasteiger partial charge >= 0.3 is 0 Å². The van der Waals surface area contributed by atoms with Crippen LogP contribution in [0.2, 0.25) is 0 Å². The van der Waals surface area contributed by atoms with Crippen LogP contribution in [0.3, 0.4) is 0 Å². The van der Waals surface area contributed by atoms with E-state index in [0.29, 0.717) is 0 Å². The number of hydrogen-bond donors (Lipinski definition) is 1. The summed E-state index contributed by atoms with van der Waals surface area (Å²) in [5.41, 5.74) is 9.26. The lowest BCUT2D eigenvalue weighted by Crippen LogP contribution is -2.13. The number of rotatable bonds is 4. The summed E-state index contributed by atoms with van der Waals surface area (Å²) in [4.78, 5) is 4.35. The molecule has 0 bridgehead atoms. The summed E-state index contributed by atoms with van der Waals surface area (Å²) in [5, 5.41) is 4.40. The summed E-state index contributed by atoms with van der Waals surface area (Å²) < 4.78 is 3.84. The van der Waals surface area contributed by atoms with E-state index in [1.165, 1.54) is 0 Å². The Morgan fingerprint density at radius 3 is 2.71 bits per heavy atom. The van der Waals surface area contributed by atoms with Gasteiger partial charge in [-0.05, 0) is 13.3 Å². The van der Waals surface area contributed by atoms with E-state index in [1.807, 2.05) is 35.0 Å². The first-order chi connectivity index (χ1) is 8.15. The lowest BCUT2D eigenvalue weighted by Gasteiger charge is -2.07. The predicted molar refractivity (Wildman–Crippen MR) is 66.5 cm³/mol. The minimum atomic E-state index is -0.188. The number of aryl methyl sites for hydroxylation is 3. The molecule has 0 saturated carbocycles. The second-order valence-electron chi connectivity index (χ2n) is 4.17. The molecule has 1 atom stereocenters. The van der Waals surface area contributed by atoms with Crippen LogP contribution in [-0.2, 0) is 20.0 Å². The molecule has 2 N–H and O–H groups in total. The fourth-order valence-corrected chi connectivity index (χ4v) is 1.96. The molecule has 92 valence electrons. The van der Waals surface area contributed by atoms with Gasteiger partial charge in [0.25, 0.3) is 0 Å². The highest BCUT2D eigenvalue weighted by atomic mass is 15.3. The predicted octanol–water partition coefficient (Wildman–Crippen LogP) is 1.25. The van der Waals surface area contributed by atoms with Crippen LogP contribution in [0.15, 0.2) is 18.7 Å². The van der Waals surface area contributed by atoms with Crippen LogP contribution in [0.5, 0.6) is 0 Å². The van der Waals surface area contributed by atoms with Gasteiger partial charge < -0.3 is 10.3 Å². The molecule has 0 saturated heterocycles. The first-order valence-corrected chi connectivity index (χ1v) is 5.95. The van der Waals surface area contributed by atoms with Gasteiger partial charge in [-0.2, -0.15) is 5.10 Å². The highest BCUT2D eigenvalue weighted by Gasteiger charge is 2.17. The van der Waals surface area contributed by atoms with Crippen molar-refractivity contribution in [1.82, 2.24) is 19.3 Å². The zero-order valence-electron chi connectivity index (χ0n) is 10.6. The summed E-state index contributed by atoms with van der Waals surface area (Å²) in [6, 6.07) is -0.188. The molecule has 0 aromatic carbocycles. The number of aromatic nitrogens is 4. The van der Waals surface area contributed by atoms with Gasteiger partial charge in [0.15, 0.2) is 0 Å². The SMILES string of the molecule is CCc1nn(C)cc1C(N)c1cn(CC)cn1. The molecule has 2 aromatic heterocycles. The van der Waals surface area contributed by atoms with E-state index >= 15 is 0 Å². The van der Waals surface area contributed by atoms with Gasteiger partial charge in [0.05, 0.1) is 23.8 Å². The molecule has 2 rings (SSSR count). The number of imidazole rings is 1. The molecule has 0 radical (unpaired) electrons. The first-order valence-electron chi connectivity index (χ1n) is 5.95. The van der Waals surface area contributed by atoms with E-state index in [0.717, 1.165) is 29.9 Å². The van der Waals surface area contributed by atoms with Crippen molar-refractivity contribution in [3.05, 3.63) is 35.7 Å². The summed E-state index contributed by atoms with van der Waals surface area (Å²) in [6.07, 6.45) is 6.68. The Kier molecular flexibility index (Phi) is 3.28. The van der Waals surface area contributed by atoms with Crippen LogP contribution in [-0.4, -0.2) is 19.3 Å². The van der Waals surface area contributed by atoms with Crippen LogP contribution in [0.1, 0.15) is 36.8 Å². The van der Waals surface area contributed by atoms with E-state index in [9.17, 15) is 0 Å². The maximum Gasteiger partial charge on any atom is 0.0950 e. The van der Waals surface area contributed by atoms with Gasteiger partial charge in [0, 0.05) is 31.5 Å². The Morgan fingerprint density at radius 2 is 2.12 bits per heavy atom. The lowest BCUT2D eigenvalue weighted by molar-refractivity contribution is 0.746. The molecule has 0 aliphatic carbocycles. The quantitative estimate of drug-likeness (QED) is 0.864. The Hall–Kier alpha value is -1.62. The van der Waals surface area contributed by atoms with E-state index in [4.69, 9.17) is 5.73 Å². The van der Waals surface area contributed by atoms with Crippen LogP contribution in [0, 0.1) is 0 Å². The van der Waals surface area contributed by atoms with E-state index in [2.05, 4.69) is 23.9 Å². The molecular formula is C12H19N5. The van der Waals surface area contributed by atoms with Crippen LogP contribution in [0.4, 0.5) is 0 Å². The maximum absolute atomic E-state index is 6.24. The molecule has 0 spiro atoms. The van der Waals surface area contributed by atoms with Gasteiger partial charge in [-0.3, -0.25) is 4.68 Å². The third-order valence-electron chi connectivity index (χ3n) is 2.94. The minimum Gasteiger partial charge on any atom is -0.337 e. The van der Waals surface area contributed by atoms with Crippen molar-refractivity contribution in [1.29, 1.82) is 0 Å². The van der Waals surface area contributed by atoms with Crippen molar-refractivity contribution >= 4 is 0 Å². The van der Waals surface area contributed by atoms with Gasteiger partial charge in [0.1, 0.15) is 0 Å². The maximum atomic E-state index is 6.24. The number of hydrogen-bond acceptors (Lipinski definition) is 3. The standard InChI is InChI=1S/C12H19N5/c1-4-10-9(6-16(3)15-10)12(13)11-7-17(5-2)8-14-11/h6-8,12H,4-5,13H2,1-3H3. The summed E-state index contributed by atoms with van der Waals surface area (Å²) >= 11 is 0. The van der Waals surface area contributed by atoms with E-state index < -0.39 is 0 Å². The topological polar surface area (TPSA) is 61.7 Å². The largest absolute Gasteiger partial charge is 0.337 e. The summed E-state index contributed by atoms with van der Waals surface area (Å²) in [5.74, 6) is 0. The van der Waals surface area contributed by atoms with Crippen molar-refractivity contribution in [2.24, 2.45) is 12.8 Å². The Bertz CT molecular complexity index is 497. The fourth-order valence-electron chi connectivity index (χ4n) is 1.96. The third-order valence-corrected chi connectivity index (χ3v) is 2.94. The average molecular weight is 233 g/mol. The molecule has 17 heavy (non-hydrogen) atoms. The molecule has 2 aromatic rings. The summed E-state index contributed by atoms with van der Waals surface area (Å²) in [7, 11) is 1.92. The first kappa shape index (κ1) is 11.9. The van der Waals surface area contributed by atoms with Gasteiger partial charge in [0.2, 0.25) is 0 Å². The Morgan fingerprint density at radius 1 is 1.35 bits per heavy atom. The average Bonchev–Trinajstić information content (AvgIpc) is 2.93. The Balaban J connectivity index is 2.32. The van der Waals surface area contributed by atoms with Crippen LogP contribution in [0.25, 0.3) is 0 Å². The highest BCUT2D eigenvalue weighted by molar-refractivity contribution is 5.28.